The van der Waals surface area contributed by atoms with Crippen LogP contribution in [0.1, 0.15) is 6.92 Å². The van der Waals surface area contributed by atoms with Crippen molar-refractivity contribution in [1.82, 2.24) is 4.90 Å². The van der Waals surface area contributed by atoms with Gasteiger partial charge in [-0.2, -0.15) is 0 Å². The molecule has 1 atom stereocenters. The zero-order valence-corrected chi connectivity index (χ0v) is 5.16. The van der Waals surface area contributed by atoms with Crippen molar-refractivity contribution in [3.63, 3.8) is 0 Å². The topological polar surface area (TPSA) is 49.4 Å². The van der Waals surface area contributed by atoms with E-state index in [1.165, 1.54) is 6.92 Å². The summed E-state index contributed by atoms with van der Waals surface area (Å²) in [5, 5.41) is 10.6. The molecule has 0 aromatic heterocycles. The van der Waals surface area contributed by atoms with E-state index in [0.717, 1.165) is 4.90 Å². The molecule has 4 heteroatoms. The molecule has 0 aromatic carbocycles. The average Bonchev–Trinajstić information content (AvgIpc) is 2.13. The fourth-order valence-corrected chi connectivity index (χ4v) is 0.736. The summed E-state index contributed by atoms with van der Waals surface area (Å²) in [6.45, 7) is 2.21. The lowest BCUT2D eigenvalue weighted by molar-refractivity contribution is -0.00295. The Morgan fingerprint density at radius 1 is 1.78 bits per heavy atom. The highest BCUT2D eigenvalue weighted by Gasteiger charge is 2.25. The summed E-state index contributed by atoms with van der Waals surface area (Å²) in [7, 11) is 0. The second-order valence-electron chi connectivity index (χ2n) is 1.91. The Hall–Kier alpha value is -0.770. The van der Waals surface area contributed by atoms with E-state index in [2.05, 4.69) is 4.74 Å². The number of carbonyl (C=O) groups excluding carboxylic acids is 1. The molecular weight excluding hydrogens is 122 g/mol. The molecule has 1 fully saturated rings. The van der Waals surface area contributed by atoms with Gasteiger partial charge in [0.05, 0.1) is 6.54 Å². The lowest BCUT2D eigenvalue weighted by Gasteiger charge is -2.12. The second kappa shape index (κ2) is 2.23. The van der Waals surface area contributed by atoms with Crippen molar-refractivity contribution in [2.75, 3.05) is 13.2 Å². The van der Waals surface area contributed by atoms with Crippen LogP contribution in [0.3, 0.4) is 0 Å². The number of rotatable bonds is 1. The standard InChI is InChI=1S/C5H8NO3/c1-4(7)6-2-3-9-5(6)8/h4H,2-3H2,1H3. The van der Waals surface area contributed by atoms with E-state index in [4.69, 9.17) is 0 Å². The summed E-state index contributed by atoms with van der Waals surface area (Å²) in [4.78, 5) is 11.7. The van der Waals surface area contributed by atoms with Gasteiger partial charge in [-0.3, -0.25) is 4.90 Å². The smallest absolute Gasteiger partial charge is 0.412 e. The minimum absolute atomic E-state index is 0.353. The highest BCUT2D eigenvalue weighted by molar-refractivity contribution is 5.69. The van der Waals surface area contributed by atoms with Crippen LogP contribution in [0, 0.1) is 0 Å². The van der Waals surface area contributed by atoms with Crippen molar-refractivity contribution >= 4 is 6.09 Å². The summed E-state index contributed by atoms with van der Waals surface area (Å²) in [6.07, 6.45) is -1.46. The van der Waals surface area contributed by atoms with Gasteiger partial charge in [-0.15, -0.1) is 0 Å². The molecule has 1 heterocycles. The lowest BCUT2D eigenvalue weighted by atomic mass is 10.5. The first-order chi connectivity index (χ1) is 4.22. The molecule has 0 bridgehead atoms. The third-order valence-corrected chi connectivity index (χ3v) is 1.23. The number of hydrogen-bond acceptors (Lipinski definition) is 2. The third kappa shape index (κ3) is 1.13. The molecule has 1 unspecified atom stereocenters. The highest BCUT2D eigenvalue weighted by atomic mass is 16.6. The zero-order valence-electron chi connectivity index (χ0n) is 5.16. The van der Waals surface area contributed by atoms with Crippen LogP contribution in [-0.4, -0.2) is 30.4 Å². The SMILES string of the molecule is CC([O])N1CCOC1=O. The molecule has 0 aliphatic carbocycles. The quantitative estimate of drug-likeness (QED) is 0.509. The summed E-state index contributed by atoms with van der Waals surface area (Å²) in [5.41, 5.74) is 0. The van der Waals surface area contributed by atoms with Crippen molar-refractivity contribution < 1.29 is 14.6 Å². The molecular formula is C5H8NO3. The van der Waals surface area contributed by atoms with E-state index in [1.807, 2.05) is 0 Å². The second-order valence-corrected chi connectivity index (χ2v) is 1.91. The van der Waals surface area contributed by atoms with Crippen molar-refractivity contribution in [2.45, 2.75) is 13.2 Å². The molecule has 0 saturated carbocycles. The fourth-order valence-electron chi connectivity index (χ4n) is 0.736. The molecule has 0 spiro atoms. The van der Waals surface area contributed by atoms with Crippen LogP contribution in [0.5, 0.6) is 0 Å². The van der Waals surface area contributed by atoms with Gasteiger partial charge in [0.15, 0.2) is 6.23 Å². The van der Waals surface area contributed by atoms with E-state index in [-0.39, 0.29) is 0 Å². The number of amides is 1. The Bertz CT molecular complexity index is 123. The van der Waals surface area contributed by atoms with Crippen molar-refractivity contribution in [1.29, 1.82) is 0 Å². The Morgan fingerprint density at radius 2 is 2.44 bits per heavy atom. The third-order valence-electron chi connectivity index (χ3n) is 1.23. The molecule has 9 heavy (non-hydrogen) atoms. The van der Waals surface area contributed by atoms with Crippen LogP contribution < -0.4 is 0 Å². The number of hydrogen-bond donors (Lipinski definition) is 0. The van der Waals surface area contributed by atoms with E-state index >= 15 is 0 Å². The average molecular weight is 130 g/mol. The van der Waals surface area contributed by atoms with Gasteiger partial charge in [-0.25, -0.2) is 9.90 Å². The Morgan fingerprint density at radius 3 is 2.67 bits per heavy atom. The normalized spacial score (nSPS) is 22.0. The van der Waals surface area contributed by atoms with Gasteiger partial charge in [0.1, 0.15) is 6.61 Å². The molecule has 1 amide bonds. The number of nitrogens with zero attached hydrogens (tertiary/aromatic N) is 1. The Kier molecular flexibility index (Phi) is 1.57. The first kappa shape index (κ1) is 6.35. The van der Waals surface area contributed by atoms with Gasteiger partial charge in [0.25, 0.3) is 0 Å². The van der Waals surface area contributed by atoms with Crippen LogP contribution in [0.15, 0.2) is 0 Å². The molecule has 1 aliphatic rings. The van der Waals surface area contributed by atoms with E-state index in [9.17, 15) is 9.90 Å². The summed E-state index contributed by atoms with van der Waals surface area (Å²) in [5.74, 6) is 0. The maximum Gasteiger partial charge on any atom is 0.412 e. The number of carbonyl (C=O) groups is 1. The summed E-state index contributed by atoms with van der Waals surface area (Å²) < 4.78 is 4.51. The van der Waals surface area contributed by atoms with Crippen molar-refractivity contribution in [3.05, 3.63) is 0 Å². The minimum atomic E-state index is -0.972. The molecule has 1 aliphatic heterocycles. The molecule has 1 rings (SSSR count). The van der Waals surface area contributed by atoms with Crippen molar-refractivity contribution in [3.8, 4) is 0 Å². The monoisotopic (exact) mass is 130 g/mol. The first-order valence-electron chi connectivity index (χ1n) is 2.81. The van der Waals surface area contributed by atoms with E-state index in [1.54, 1.807) is 0 Å². The van der Waals surface area contributed by atoms with E-state index in [0.29, 0.717) is 13.2 Å². The lowest BCUT2D eigenvalue weighted by Crippen LogP contribution is -2.32. The molecule has 0 aromatic rings. The maximum absolute atomic E-state index is 10.6. The molecule has 4 nitrogen and oxygen atoms in total. The van der Waals surface area contributed by atoms with Crippen LogP contribution in [-0.2, 0) is 9.84 Å². The van der Waals surface area contributed by atoms with Crippen LogP contribution in [0.4, 0.5) is 4.79 Å². The van der Waals surface area contributed by atoms with Crippen LogP contribution in [0.25, 0.3) is 0 Å². The molecule has 1 radical (unpaired) electrons. The van der Waals surface area contributed by atoms with Gasteiger partial charge < -0.3 is 4.74 Å². The minimum Gasteiger partial charge on any atom is -0.447 e. The number of ether oxygens (including phenoxy) is 1. The predicted octanol–water partition coefficient (Wildman–Crippen LogP) is 0.215. The summed E-state index contributed by atoms with van der Waals surface area (Å²) >= 11 is 0. The van der Waals surface area contributed by atoms with Gasteiger partial charge in [-0.1, -0.05) is 0 Å². The van der Waals surface area contributed by atoms with Gasteiger partial charge in [0.2, 0.25) is 0 Å². The van der Waals surface area contributed by atoms with Gasteiger partial charge in [-0.05, 0) is 6.92 Å². The fraction of sp³-hybridized carbons (Fsp3) is 0.800. The Balaban J connectivity index is 2.49. The van der Waals surface area contributed by atoms with E-state index < -0.39 is 12.3 Å². The number of cyclic esters (lactones) is 1. The first-order valence-corrected chi connectivity index (χ1v) is 2.81. The van der Waals surface area contributed by atoms with Crippen molar-refractivity contribution in [2.24, 2.45) is 0 Å². The van der Waals surface area contributed by atoms with Gasteiger partial charge in [0, 0.05) is 0 Å². The molecule has 51 valence electrons. The maximum atomic E-state index is 10.6. The molecule has 1 saturated heterocycles. The predicted molar refractivity (Wildman–Crippen MR) is 28.2 cm³/mol. The summed E-state index contributed by atoms with van der Waals surface area (Å²) in [6, 6.07) is 0. The van der Waals surface area contributed by atoms with Crippen LogP contribution in [0.2, 0.25) is 0 Å². The highest BCUT2D eigenvalue weighted by Crippen LogP contribution is 2.05. The molecule has 0 N–H and O–H groups in total. The van der Waals surface area contributed by atoms with Crippen LogP contribution >= 0.6 is 0 Å². The Labute approximate surface area is 53.0 Å². The van der Waals surface area contributed by atoms with Gasteiger partial charge >= 0.3 is 6.09 Å². The largest absolute Gasteiger partial charge is 0.447 e. The zero-order chi connectivity index (χ0) is 6.85.